The van der Waals surface area contributed by atoms with E-state index in [1.165, 1.54) is 31.4 Å². The van der Waals surface area contributed by atoms with Crippen LogP contribution in [0.5, 0.6) is 0 Å². The maximum absolute atomic E-state index is 13.0. The van der Waals surface area contributed by atoms with Crippen LogP contribution in [-0.2, 0) is 11.2 Å². The summed E-state index contributed by atoms with van der Waals surface area (Å²) in [6, 6.07) is 8.21. The number of nitrogens with zero attached hydrogens (tertiary/aromatic N) is 5. The van der Waals surface area contributed by atoms with Crippen LogP contribution in [-0.4, -0.2) is 60.0 Å². The Hall–Kier alpha value is -2.70. The molecule has 0 unspecified atom stereocenters. The van der Waals surface area contributed by atoms with Gasteiger partial charge in [0.05, 0.1) is 6.42 Å². The second-order valence-electron chi connectivity index (χ2n) is 7.89. The van der Waals surface area contributed by atoms with E-state index in [4.69, 9.17) is 4.98 Å². The van der Waals surface area contributed by atoms with Crippen molar-refractivity contribution in [3.05, 3.63) is 47.4 Å². The van der Waals surface area contributed by atoms with E-state index in [1.54, 1.807) is 12.1 Å². The Labute approximate surface area is 171 Å². The molecule has 2 aliphatic heterocycles. The number of rotatable bonds is 4. The third kappa shape index (κ3) is 4.83. The minimum absolute atomic E-state index is 0.0791. The molecule has 1 aromatic carbocycles. The van der Waals surface area contributed by atoms with Gasteiger partial charge in [-0.15, -0.1) is 0 Å². The van der Waals surface area contributed by atoms with E-state index in [-0.39, 0.29) is 11.7 Å². The van der Waals surface area contributed by atoms with Gasteiger partial charge in [0.1, 0.15) is 11.6 Å². The van der Waals surface area contributed by atoms with Gasteiger partial charge in [0.2, 0.25) is 11.9 Å². The van der Waals surface area contributed by atoms with Crippen molar-refractivity contribution in [2.45, 2.75) is 32.6 Å². The molecule has 6 nitrogen and oxygen atoms in total. The van der Waals surface area contributed by atoms with Crippen molar-refractivity contribution >= 4 is 17.7 Å². The van der Waals surface area contributed by atoms with Gasteiger partial charge in [-0.25, -0.2) is 9.37 Å². The van der Waals surface area contributed by atoms with Gasteiger partial charge < -0.3 is 14.7 Å². The third-order valence-corrected chi connectivity index (χ3v) is 5.69. The number of benzene rings is 1. The molecule has 4 rings (SSSR count). The van der Waals surface area contributed by atoms with Crippen LogP contribution >= 0.6 is 0 Å². The van der Waals surface area contributed by atoms with Crippen molar-refractivity contribution in [1.29, 1.82) is 0 Å². The molecule has 7 heteroatoms. The number of hydrogen-bond donors (Lipinski definition) is 0. The minimum atomic E-state index is -0.281. The van der Waals surface area contributed by atoms with Crippen molar-refractivity contribution in [2.24, 2.45) is 0 Å². The van der Waals surface area contributed by atoms with Gasteiger partial charge in [-0.05, 0) is 43.9 Å². The first-order chi connectivity index (χ1) is 14.1. The summed E-state index contributed by atoms with van der Waals surface area (Å²) < 4.78 is 13.0. The van der Waals surface area contributed by atoms with E-state index in [1.807, 2.05) is 11.8 Å². The largest absolute Gasteiger partial charge is 0.356 e. The molecule has 0 radical (unpaired) electrons. The topological polar surface area (TPSA) is 52.6 Å². The first kappa shape index (κ1) is 19.6. The number of hydrogen-bond acceptors (Lipinski definition) is 5. The Kier molecular flexibility index (Phi) is 5.92. The fraction of sp³-hybridized carbons (Fsp3) is 0.500. The molecule has 0 N–H and O–H groups in total. The van der Waals surface area contributed by atoms with Crippen molar-refractivity contribution in [1.82, 2.24) is 14.9 Å². The predicted octanol–water partition coefficient (Wildman–Crippen LogP) is 2.81. The molecule has 0 spiro atoms. The molecule has 2 saturated heterocycles. The maximum Gasteiger partial charge on any atom is 0.227 e. The predicted molar refractivity (Wildman–Crippen MR) is 112 cm³/mol. The normalized spacial score (nSPS) is 17.5. The van der Waals surface area contributed by atoms with Crippen LogP contribution in [0.3, 0.4) is 0 Å². The summed E-state index contributed by atoms with van der Waals surface area (Å²) in [6.45, 7) is 6.87. The summed E-state index contributed by atoms with van der Waals surface area (Å²) in [4.78, 5) is 28.5. The Balaban J connectivity index is 1.37. The molecule has 2 fully saturated rings. The van der Waals surface area contributed by atoms with Crippen LogP contribution < -0.4 is 9.80 Å². The van der Waals surface area contributed by atoms with Gasteiger partial charge in [0.15, 0.2) is 0 Å². The highest BCUT2D eigenvalue weighted by Crippen LogP contribution is 2.22. The Morgan fingerprint density at radius 3 is 2.31 bits per heavy atom. The molecule has 0 saturated carbocycles. The number of carbonyl (C=O) groups is 1. The summed E-state index contributed by atoms with van der Waals surface area (Å²) in [5.74, 6) is 1.57. The van der Waals surface area contributed by atoms with Gasteiger partial charge in [-0.3, -0.25) is 4.79 Å². The van der Waals surface area contributed by atoms with E-state index < -0.39 is 0 Å². The van der Waals surface area contributed by atoms with Crippen molar-refractivity contribution < 1.29 is 9.18 Å². The molecule has 0 aliphatic carbocycles. The lowest BCUT2D eigenvalue weighted by atomic mass is 10.1. The summed E-state index contributed by atoms with van der Waals surface area (Å²) in [7, 11) is 0. The van der Waals surface area contributed by atoms with Gasteiger partial charge in [-0.2, -0.15) is 4.98 Å². The molecule has 154 valence electrons. The molecule has 1 aromatic heterocycles. The van der Waals surface area contributed by atoms with Crippen molar-refractivity contribution in [2.75, 3.05) is 49.1 Å². The molecular formula is C22H28FN5O. The molecule has 29 heavy (non-hydrogen) atoms. The first-order valence-corrected chi connectivity index (χ1v) is 10.5. The third-order valence-electron chi connectivity index (χ3n) is 5.69. The van der Waals surface area contributed by atoms with Gasteiger partial charge >= 0.3 is 0 Å². The standard InChI is InChI=1S/C22H28FN5O/c1-17-15-20(26-9-3-2-4-10-26)25-22(24-17)28-13-11-27(12-14-28)21(29)16-18-5-7-19(23)8-6-18/h5-8,15H,2-4,9-14,16H2,1H3. The van der Waals surface area contributed by atoms with Gasteiger partial charge in [0.25, 0.3) is 0 Å². The maximum atomic E-state index is 13.0. The molecule has 2 aromatic rings. The zero-order valence-electron chi connectivity index (χ0n) is 17.0. The lowest BCUT2D eigenvalue weighted by Gasteiger charge is -2.35. The number of aryl methyl sites for hydroxylation is 1. The van der Waals surface area contributed by atoms with E-state index in [9.17, 15) is 9.18 Å². The monoisotopic (exact) mass is 397 g/mol. The highest BCUT2D eigenvalue weighted by molar-refractivity contribution is 5.79. The smallest absolute Gasteiger partial charge is 0.227 e. The number of aromatic nitrogens is 2. The minimum Gasteiger partial charge on any atom is -0.356 e. The van der Waals surface area contributed by atoms with E-state index >= 15 is 0 Å². The second kappa shape index (κ2) is 8.76. The Bertz CT molecular complexity index is 843. The van der Waals surface area contributed by atoms with E-state index in [2.05, 4.69) is 20.9 Å². The average molecular weight is 397 g/mol. The molecule has 0 bridgehead atoms. The van der Waals surface area contributed by atoms with Crippen molar-refractivity contribution in [3.63, 3.8) is 0 Å². The Morgan fingerprint density at radius 1 is 0.931 bits per heavy atom. The first-order valence-electron chi connectivity index (χ1n) is 10.5. The van der Waals surface area contributed by atoms with Gasteiger partial charge in [0, 0.05) is 51.0 Å². The lowest BCUT2D eigenvalue weighted by molar-refractivity contribution is -0.130. The number of amides is 1. The van der Waals surface area contributed by atoms with E-state index in [0.29, 0.717) is 19.5 Å². The summed E-state index contributed by atoms with van der Waals surface area (Å²) >= 11 is 0. The number of carbonyl (C=O) groups excluding carboxylic acids is 1. The van der Waals surface area contributed by atoms with Crippen LogP contribution in [0, 0.1) is 12.7 Å². The van der Waals surface area contributed by atoms with Gasteiger partial charge in [-0.1, -0.05) is 12.1 Å². The zero-order chi connectivity index (χ0) is 20.2. The fourth-order valence-corrected chi connectivity index (χ4v) is 4.01. The Morgan fingerprint density at radius 2 is 1.62 bits per heavy atom. The number of anilines is 2. The average Bonchev–Trinajstić information content (AvgIpc) is 2.75. The fourth-order valence-electron chi connectivity index (χ4n) is 4.01. The molecule has 0 atom stereocenters. The van der Waals surface area contributed by atoms with E-state index in [0.717, 1.165) is 49.2 Å². The summed E-state index contributed by atoms with van der Waals surface area (Å²) in [5, 5.41) is 0. The molecule has 3 heterocycles. The quantitative estimate of drug-likeness (QED) is 0.794. The highest BCUT2D eigenvalue weighted by Gasteiger charge is 2.24. The zero-order valence-corrected chi connectivity index (χ0v) is 17.0. The van der Waals surface area contributed by atoms with Crippen LogP contribution in [0.1, 0.15) is 30.5 Å². The van der Waals surface area contributed by atoms with Crippen LogP contribution in [0.15, 0.2) is 30.3 Å². The van der Waals surface area contributed by atoms with Crippen LogP contribution in [0.4, 0.5) is 16.2 Å². The summed E-state index contributed by atoms with van der Waals surface area (Å²) in [6.07, 6.45) is 4.03. The van der Waals surface area contributed by atoms with Crippen LogP contribution in [0.2, 0.25) is 0 Å². The lowest BCUT2D eigenvalue weighted by Crippen LogP contribution is -2.49. The SMILES string of the molecule is Cc1cc(N2CCCCC2)nc(N2CCN(C(=O)Cc3ccc(F)cc3)CC2)n1. The van der Waals surface area contributed by atoms with Crippen molar-refractivity contribution in [3.8, 4) is 0 Å². The number of piperidine rings is 1. The highest BCUT2D eigenvalue weighted by atomic mass is 19.1. The molecule has 2 aliphatic rings. The van der Waals surface area contributed by atoms with Crippen LogP contribution in [0.25, 0.3) is 0 Å². The molecular weight excluding hydrogens is 369 g/mol. The summed E-state index contributed by atoms with van der Waals surface area (Å²) in [5.41, 5.74) is 1.82. The number of halogens is 1. The second-order valence-corrected chi connectivity index (χ2v) is 7.89. The number of piperazine rings is 1. The molecule has 1 amide bonds.